The Labute approximate surface area is 229 Å². The van der Waals surface area contributed by atoms with Gasteiger partial charge in [0.2, 0.25) is 0 Å². The predicted octanol–water partition coefficient (Wildman–Crippen LogP) is 9.23. The molecular formula is C34H46O4. The van der Waals surface area contributed by atoms with Crippen LogP contribution in [0.3, 0.4) is 0 Å². The first-order chi connectivity index (χ1) is 17.9. The average molecular weight is 519 g/mol. The summed E-state index contributed by atoms with van der Waals surface area (Å²) in [6, 6.07) is 7.57. The molecule has 206 valence electrons. The molecule has 0 fully saturated rings. The molecule has 0 radical (unpaired) electrons. The first kappa shape index (κ1) is 31.1. The molecular weight excluding hydrogens is 472 g/mol. The predicted molar refractivity (Wildman–Crippen MR) is 159 cm³/mol. The van der Waals surface area contributed by atoms with Crippen molar-refractivity contribution >= 4 is 22.7 Å². The largest absolute Gasteiger partial charge is 0.426 e. The van der Waals surface area contributed by atoms with E-state index in [0.29, 0.717) is 29.8 Å². The molecule has 0 spiro atoms. The number of carbonyl (C=O) groups excluding carboxylic acids is 2. The summed E-state index contributed by atoms with van der Waals surface area (Å²) >= 11 is 0. The Kier molecular flexibility index (Phi) is 12.0. The lowest BCUT2D eigenvalue weighted by molar-refractivity contribution is -0.133. The van der Waals surface area contributed by atoms with Crippen molar-refractivity contribution in [1.29, 1.82) is 0 Å². The highest BCUT2D eigenvalue weighted by Gasteiger charge is 2.21. The van der Waals surface area contributed by atoms with Gasteiger partial charge in [-0.25, -0.2) is 0 Å². The number of hydrogen-bond donors (Lipinski definition) is 0. The molecule has 2 atom stereocenters. The molecule has 0 heterocycles. The zero-order chi connectivity index (χ0) is 28.4. The third kappa shape index (κ3) is 9.01. The minimum atomic E-state index is -0.376. The van der Waals surface area contributed by atoms with Gasteiger partial charge in [-0.2, -0.15) is 0 Å². The molecule has 38 heavy (non-hydrogen) atoms. The molecule has 0 aliphatic carbocycles. The van der Waals surface area contributed by atoms with Crippen molar-refractivity contribution in [3.63, 3.8) is 0 Å². The lowest BCUT2D eigenvalue weighted by atomic mass is 9.91. The van der Waals surface area contributed by atoms with E-state index >= 15 is 0 Å². The number of ether oxygens (including phenoxy) is 2. The summed E-state index contributed by atoms with van der Waals surface area (Å²) in [5.74, 6) is 1.34. The Morgan fingerprint density at radius 3 is 1.74 bits per heavy atom. The first-order valence-electron chi connectivity index (χ1n) is 13.8. The van der Waals surface area contributed by atoms with E-state index in [-0.39, 0.29) is 11.9 Å². The summed E-state index contributed by atoms with van der Waals surface area (Å²) < 4.78 is 11.4. The van der Waals surface area contributed by atoms with E-state index in [1.807, 2.05) is 31.2 Å². The number of allylic oxidation sites excluding steroid dienone is 6. The second kappa shape index (κ2) is 14.7. The SMILES string of the molecule is CC(=O)Oc1c(C)c(C/C=C(\C)C(C)CC/C=C(\C)C(C)CCC=C(C)C)c(OC(C)=O)c2ccccc12. The van der Waals surface area contributed by atoms with E-state index in [2.05, 4.69) is 59.8 Å². The molecule has 0 amide bonds. The smallest absolute Gasteiger partial charge is 0.308 e. The average Bonchev–Trinajstić information content (AvgIpc) is 2.85. The van der Waals surface area contributed by atoms with E-state index in [1.165, 1.54) is 37.0 Å². The van der Waals surface area contributed by atoms with E-state index < -0.39 is 0 Å². The van der Waals surface area contributed by atoms with Crippen LogP contribution in [0.5, 0.6) is 11.5 Å². The van der Waals surface area contributed by atoms with E-state index in [4.69, 9.17) is 9.47 Å². The highest BCUT2D eigenvalue weighted by Crippen LogP contribution is 2.41. The van der Waals surface area contributed by atoms with Crippen LogP contribution in [0.2, 0.25) is 0 Å². The van der Waals surface area contributed by atoms with Gasteiger partial charge < -0.3 is 9.47 Å². The van der Waals surface area contributed by atoms with Crippen molar-refractivity contribution in [3.8, 4) is 11.5 Å². The standard InChI is InChI=1S/C34H46O4/c1-22(2)14-12-15-23(3)24(4)16-13-17-25(5)26(6)20-21-30-27(7)33(37-28(8)35)31-18-10-11-19-32(31)34(30)38-29(9)36/h10-11,14,16,18-20,23,25H,12-13,15,17,21H2,1-9H3/b24-16+,26-20+. The Bertz CT molecular complexity index is 1220. The van der Waals surface area contributed by atoms with E-state index in [9.17, 15) is 9.59 Å². The molecule has 2 rings (SSSR count). The number of benzene rings is 2. The molecule has 0 aromatic heterocycles. The van der Waals surface area contributed by atoms with Gasteiger partial charge in [0.05, 0.1) is 0 Å². The van der Waals surface area contributed by atoms with Gasteiger partial charge in [-0.15, -0.1) is 0 Å². The Hall–Kier alpha value is -3.14. The fourth-order valence-electron chi connectivity index (χ4n) is 4.64. The first-order valence-corrected chi connectivity index (χ1v) is 13.8. The Balaban J connectivity index is 2.24. The second-order valence-corrected chi connectivity index (χ2v) is 10.8. The molecule has 0 saturated carbocycles. The normalized spacial score (nSPS) is 13.7. The molecule has 2 aromatic carbocycles. The van der Waals surface area contributed by atoms with Gasteiger partial charge in [-0.1, -0.05) is 73.1 Å². The lowest BCUT2D eigenvalue weighted by Gasteiger charge is -2.19. The molecule has 2 aromatic rings. The Morgan fingerprint density at radius 2 is 1.21 bits per heavy atom. The highest BCUT2D eigenvalue weighted by molar-refractivity contribution is 5.98. The van der Waals surface area contributed by atoms with E-state index in [0.717, 1.165) is 41.2 Å². The van der Waals surface area contributed by atoms with Crippen LogP contribution in [-0.2, 0) is 16.0 Å². The van der Waals surface area contributed by atoms with Crippen molar-refractivity contribution in [2.75, 3.05) is 0 Å². The van der Waals surface area contributed by atoms with E-state index in [1.54, 1.807) is 0 Å². The number of esters is 2. The third-order valence-corrected chi connectivity index (χ3v) is 7.38. The molecule has 4 nitrogen and oxygen atoms in total. The number of carbonyl (C=O) groups is 2. The molecule has 0 bridgehead atoms. The molecule has 0 aliphatic heterocycles. The van der Waals surface area contributed by atoms with Crippen molar-refractivity contribution < 1.29 is 19.1 Å². The van der Waals surface area contributed by atoms with Crippen molar-refractivity contribution in [2.24, 2.45) is 11.8 Å². The zero-order valence-corrected chi connectivity index (χ0v) is 24.9. The number of hydrogen-bond acceptors (Lipinski definition) is 4. The summed E-state index contributed by atoms with van der Waals surface area (Å²) in [5, 5.41) is 1.52. The maximum Gasteiger partial charge on any atom is 0.308 e. The minimum Gasteiger partial charge on any atom is -0.426 e. The monoisotopic (exact) mass is 518 g/mol. The molecule has 0 N–H and O–H groups in total. The van der Waals surface area contributed by atoms with Crippen LogP contribution < -0.4 is 9.47 Å². The van der Waals surface area contributed by atoms with Crippen LogP contribution in [0.15, 0.2) is 59.2 Å². The van der Waals surface area contributed by atoms with Gasteiger partial charge >= 0.3 is 11.9 Å². The molecule has 2 unspecified atom stereocenters. The van der Waals surface area contributed by atoms with Crippen LogP contribution in [0.1, 0.15) is 92.2 Å². The maximum atomic E-state index is 12.0. The van der Waals surface area contributed by atoms with Gasteiger partial charge in [0.1, 0.15) is 11.5 Å². The fourth-order valence-corrected chi connectivity index (χ4v) is 4.64. The lowest BCUT2D eigenvalue weighted by Crippen LogP contribution is -2.09. The third-order valence-electron chi connectivity index (χ3n) is 7.38. The summed E-state index contributed by atoms with van der Waals surface area (Å²) in [6.45, 7) is 18.0. The van der Waals surface area contributed by atoms with Gasteiger partial charge in [0.25, 0.3) is 0 Å². The van der Waals surface area contributed by atoms with Gasteiger partial charge in [-0.05, 0) is 84.1 Å². The minimum absolute atomic E-state index is 0.373. The number of rotatable bonds is 12. The van der Waals surface area contributed by atoms with Crippen LogP contribution >= 0.6 is 0 Å². The van der Waals surface area contributed by atoms with Gasteiger partial charge in [0.15, 0.2) is 0 Å². The van der Waals surface area contributed by atoms with Gasteiger partial charge in [-0.3, -0.25) is 9.59 Å². The second-order valence-electron chi connectivity index (χ2n) is 10.8. The maximum absolute atomic E-state index is 12.0. The fraction of sp³-hybridized carbons (Fsp3) is 0.471. The van der Waals surface area contributed by atoms with Crippen molar-refractivity contribution in [2.45, 2.75) is 94.4 Å². The summed E-state index contributed by atoms with van der Waals surface area (Å²) in [6.07, 6.45) is 12.0. The quantitative estimate of drug-likeness (QED) is 0.160. The topological polar surface area (TPSA) is 52.6 Å². The van der Waals surface area contributed by atoms with Crippen LogP contribution in [0.25, 0.3) is 10.8 Å². The van der Waals surface area contributed by atoms with Crippen LogP contribution in [-0.4, -0.2) is 11.9 Å². The molecule has 4 heteroatoms. The summed E-state index contributed by atoms with van der Waals surface area (Å²) in [5.41, 5.74) is 5.83. The van der Waals surface area contributed by atoms with Gasteiger partial charge in [0, 0.05) is 30.2 Å². The van der Waals surface area contributed by atoms with Crippen LogP contribution in [0, 0.1) is 18.8 Å². The molecule has 0 saturated heterocycles. The molecule has 0 aliphatic rings. The zero-order valence-electron chi connectivity index (χ0n) is 24.9. The van der Waals surface area contributed by atoms with Crippen molar-refractivity contribution in [1.82, 2.24) is 0 Å². The summed E-state index contributed by atoms with van der Waals surface area (Å²) in [7, 11) is 0. The van der Waals surface area contributed by atoms with Crippen molar-refractivity contribution in [3.05, 3.63) is 70.3 Å². The number of fused-ring (bicyclic) bond motifs is 1. The highest BCUT2D eigenvalue weighted by atomic mass is 16.5. The van der Waals surface area contributed by atoms with Crippen LogP contribution in [0.4, 0.5) is 0 Å². The Morgan fingerprint density at radius 1 is 0.737 bits per heavy atom. The summed E-state index contributed by atoms with van der Waals surface area (Å²) in [4.78, 5) is 23.9.